The van der Waals surface area contributed by atoms with E-state index in [2.05, 4.69) is 38.0 Å². The second-order valence-electron chi connectivity index (χ2n) is 6.39. The summed E-state index contributed by atoms with van der Waals surface area (Å²) in [4.78, 5) is 2.42. The molecule has 2 unspecified atom stereocenters. The first-order chi connectivity index (χ1) is 8.63. The van der Waals surface area contributed by atoms with Gasteiger partial charge in [-0.05, 0) is 46.1 Å². The van der Waals surface area contributed by atoms with Gasteiger partial charge in [0.2, 0.25) is 0 Å². The van der Waals surface area contributed by atoms with Crippen LogP contribution in [0, 0.1) is 5.92 Å². The van der Waals surface area contributed by atoms with Gasteiger partial charge in [0.15, 0.2) is 0 Å². The van der Waals surface area contributed by atoms with Crippen molar-refractivity contribution >= 4 is 0 Å². The molecule has 0 bridgehead atoms. The van der Waals surface area contributed by atoms with Crippen LogP contribution in [0.3, 0.4) is 0 Å². The first-order valence-corrected chi connectivity index (χ1v) is 8.07. The van der Waals surface area contributed by atoms with Gasteiger partial charge in [0, 0.05) is 25.2 Å². The lowest BCUT2D eigenvalue weighted by Crippen LogP contribution is -2.38. The Morgan fingerprint density at radius 1 is 1.17 bits per heavy atom. The van der Waals surface area contributed by atoms with Crippen LogP contribution in [0.4, 0.5) is 0 Å². The molecule has 0 heterocycles. The summed E-state index contributed by atoms with van der Waals surface area (Å²) in [6.07, 6.45) is 9.96. The van der Waals surface area contributed by atoms with Gasteiger partial charge in [0.05, 0.1) is 0 Å². The monoisotopic (exact) mass is 254 g/mol. The lowest BCUT2D eigenvalue weighted by Gasteiger charge is -2.23. The summed E-state index contributed by atoms with van der Waals surface area (Å²) in [6, 6.07) is 1.45. The average Bonchev–Trinajstić information content (AvgIpc) is 2.55. The molecule has 2 heteroatoms. The van der Waals surface area contributed by atoms with E-state index in [0.717, 1.165) is 18.5 Å². The zero-order valence-electron chi connectivity index (χ0n) is 13.0. The molecule has 1 saturated carbocycles. The second-order valence-corrected chi connectivity index (χ2v) is 6.39. The Balaban J connectivity index is 2.15. The van der Waals surface area contributed by atoms with Crippen molar-refractivity contribution in [1.29, 1.82) is 0 Å². The van der Waals surface area contributed by atoms with Gasteiger partial charge in [-0.1, -0.05) is 32.6 Å². The lowest BCUT2D eigenvalue weighted by molar-refractivity contribution is 0.266. The molecular formula is C16H34N2. The molecule has 18 heavy (non-hydrogen) atoms. The van der Waals surface area contributed by atoms with Crippen molar-refractivity contribution in [3.05, 3.63) is 0 Å². The molecule has 1 aliphatic carbocycles. The van der Waals surface area contributed by atoms with Crippen LogP contribution in [-0.2, 0) is 0 Å². The zero-order chi connectivity index (χ0) is 13.4. The zero-order valence-corrected chi connectivity index (χ0v) is 13.0. The second kappa shape index (κ2) is 8.92. The van der Waals surface area contributed by atoms with Gasteiger partial charge in [-0.2, -0.15) is 0 Å². The van der Waals surface area contributed by atoms with E-state index < -0.39 is 0 Å². The predicted octanol–water partition coefficient (Wildman–Crippen LogP) is 3.67. The SMILES string of the molecule is CCCC1CCCC(NCCN(C)C(C)C)CC1. The molecule has 1 aliphatic rings. The Hall–Kier alpha value is -0.0800. The van der Waals surface area contributed by atoms with Gasteiger partial charge in [0.25, 0.3) is 0 Å². The Morgan fingerprint density at radius 3 is 2.61 bits per heavy atom. The van der Waals surface area contributed by atoms with Gasteiger partial charge in [-0.25, -0.2) is 0 Å². The van der Waals surface area contributed by atoms with Crippen LogP contribution in [0.5, 0.6) is 0 Å². The maximum absolute atomic E-state index is 3.77. The number of hydrogen-bond donors (Lipinski definition) is 1. The minimum absolute atomic E-state index is 0.662. The van der Waals surface area contributed by atoms with Crippen LogP contribution < -0.4 is 5.32 Å². The number of hydrogen-bond acceptors (Lipinski definition) is 2. The third-order valence-electron chi connectivity index (χ3n) is 4.56. The number of likely N-dealkylation sites (N-methyl/N-ethyl adjacent to an activating group) is 1. The summed E-state index contributed by atoms with van der Waals surface area (Å²) in [5.41, 5.74) is 0. The van der Waals surface area contributed by atoms with Gasteiger partial charge >= 0.3 is 0 Å². The lowest BCUT2D eigenvalue weighted by atomic mass is 9.95. The summed E-state index contributed by atoms with van der Waals surface area (Å²) in [5, 5.41) is 3.77. The average molecular weight is 254 g/mol. The van der Waals surface area contributed by atoms with Crippen LogP contribution in [0.2, 0.25) is 0 Å². The van der Waals surface area contributed by atoms with Crippen molar-refractivity contribution in [2.75, 3.05) is 20.1 Å². The van der Waals surface area contributed by atoms with E-state index in [1.165, 1.54) is 51.5 Å². The number of nitrogens with one attached hydrogen (secondary N) is 1. The summed E-state index contributed by atoms with van der Waals surface area (Å²) in [7, 11) is 2.22. The van der Waals surface area contributed by atoms with Crippen LogP contribution in [0.1, 0.15) is 65.7 Å². The van der Waals surface area contributed by atoms with E-state index in [4.69, 9.17) is 0 Å². The van der Waals surface area contributed by atoms with Crippen molar-refractivity contribution in [2.45, 2.75) is 77.8 Å². The molecule has 1 fully saturated rings. The standard InChI is InChI=1S/C16H34N2/c1-5-7-15-8-6-9-16(11-10-15)17-12-13-18(4)14(2)3/h14-17H,5-13H2,1-4H3. The Morgan fingerprint density at radius 2 is 1.94 bits per heavy atom. The summed E-state index contributed by atoms with van der Waals surface area (Å²) in [6.45, 7) is 9.18. The molecule has 1 rings (SSSR count). The molecule has 0 aromatic heterocycles. The quantitative estimate of drug-likeness (QED) is 0.697. The smallest absolute Gasteiger partial charge is 0.0107 e. The molecule has 1 N–H and O–H groups in total. The minimum atomic E-state index is 0.662. The van der Waals surface area contributed by atoms with Crippen molar-refractivity contribution in [3.63, 3.8) is 0 Å². The highest BCUT2D eigenvalue weighted by atomic mass is 15.1. The molecule has 2 atom stereocenters. The molecule has 0 spiro atoms. The molecule has 0 saturated heterocycles. The molecule has 0 aromatic carbocycles. The fraction of sp³-hybridized carbons (Fsp3) is 1.00. The summed E-state index contributed by atoms with van der Waals surface area (Å²) < 4.78 is 0. The Bertz CT molecular complexity index is 203. The highest BCUT2D eigenvalue weighted by molar-refractivity contribution is 4.75. The molecule has 0 aromatic rings. The molecule has 0 aliphatic heterocycles. The first kappa shape index (κ1) is 16.0. The van der Waals surface area contributed by atoms with Gasteiger partial charge < -0.3 is 10.2 Å². The fourth-order valence-electron chi connectivity index (χ4n) is 2.98. The topological polar surface area (TPSA) is 15.3 Å². The molecular weight excluding hydrogens is 220 g/mol. The first-order valence-electron chi connectivity index (χ1n) is 8.07. The Labute approximate surface area is 115 Å². The maximum atomic E-state index is 3.77. The van der Waals surface area contributed by atoms with Crippen LogP contribution in [-0.4, -0.2) is 37.1 Å². The van der Waals surface area contributed by atoms with Crippen molar-refractivity contribution in [1.82, 2.24) is 10.2 Å². The largest absolute Gasteiger partial charge is 0.313 e. The van der Waals surface area contributed by atoms with Crippen LogP contribution in [0.15, 0.2) is 0 Å². The van der Waals surface area contributed by atoms with E-state index in [1.807, 2.05) is 0 Å². The summed E-state index contributed by atoms with van der Waals surface area (Å²) >= 11 is 0. The molecule has 108 valence electrons. The maximum Gasteiger partial charge on any atom is 0.0107 e. The van der Waals surface area contributed by atoms with Crippen molar-refractivity contribution in [3.8, 4) is 0 Å². The highest BCUT2D eigenvalue weighted by Gasteiger charge is 2.17. The van der Waals surface area contributed by atoms with Gasteiger partial charge in [0.1, 0.15) is 0 Å². The highest BCUT2D eigenvalue weighted by Crippen LogP contribution is 2.26. The number of nitrogens with zero attached hydrogens (tertiary/aromatic N) is 1. The fourth-order valence-corrected chi connectivity index (χ4v) is 2.98. The molecule has 0 radical (unpaired) electrons. The van der Waals surface area contributed by atoms with E-state index in [0.29, 0.717) is 6.04 Å². The minimum Gasteiger partial charge on any atom is -0.313 e. The Kier molecular flexibility index (Phi) is 7.92. The van der Waals surface area contributed by atoms with Crippen molar-refractivity contribution in [2.24, 2.45) is 5.92 Å². The predicted molar refractivity (Wildman–Crippen MR) is 81.0 cm³/mol. The number of rotatable bonds is 7. The molecule has 0 amide bonds. The van der Waals surface area contributed by atoms with Crippen LogP contribution in [0.25, 0.3) is 0 Å². The summed E-state index contributed by atoms with van der Waals surface area (Å²) in [5.74, 6) is 1.01. The van der Waals surface area contributed by atoms with E-state index in [9.17, 15) is 0 Å². The third-order valence-corrected chi connectivity index (χ3v) is 4.56. The molecule has 2 nitrogen and oxygen atoms in total. The van der Waals surface area contributed by atoms with Gasteiger partial charge in [-0.15, -0.1) is 0 Å². The van der Waals surface area contributed by atoms with Crippen LogP contribution >= 0.6 is 0 Å². The third kappa shape index (κ3) is 6.19. The van der Waals surface area contributed by atoms with E-state index >= 15 is 0 Å². The normalized spacial score (nSPS) is 25.7. The van der Waals surface area contributed by atoms with Gasteiger partial charge in [-0.3, -0.25) is 0 Å². The van der Waals surface area contributed by atoms with E-state index in [-0.39, 0.29) is 0 Å². The van der Waals surface area contributed by atoms with E-state index in [1.54, 1.807) is 0 Å². The van der Waals surface area contributed by atoms with Crippen molar-refractivity contribution < 1.29 is 0 Å².